The zero-order valence-corrected chi connectivity index (χ0v) is 13.5. The van der Waals surface area contributed by atoms with Gasteiger partial charge in [0.05, 0.1) is 18.3 Å². The Bertz CT molecular complexity index is 418. The van der Waals surface area contributed by atoms with Crippen LogP contribution < -0.4 is 5.73 Å². The lowest BCUT2D eigenvalue weighted by molar-refractivity contribution is -0.0745. The lowest BCUT2D eigenvalue weighted by Gasteiger charge is -2.33. The smallest absolute Gasteiger partial charge is 0.0979 e. The van der Waals surface area contributed by atoms with E-state index in [1.54, 1.807) is 7.11 Å². The first-order valence-corrected chi connectivity index (χ1v) is 8.14. The molecule has 0 spiro atoms. The average Bonchev–Trinajstić information content (AvgIpc) is 2.53. The van der Waals surface area contributed by atoms with Crippen molar-refractivity contribution >= 4 is 0 Å². The average molecular weight is 291 g/mol. The van der Waals surface area contributed by atoms with Gasteiger partial charge in [0, 0.05) is 13.2 Å². The molecular formula is C18H29NO2. The van der Waals surface area contributed by atoms with Gasteiger partial charge in [-0.15, -0.1) is 0 Å². The number of aryl methyl sites for hydroxylation is 1. The van der Waals surface area contributed by atoms with Crippen molar-refractivity contribution in [2.75, 3.05) is 7.11 Å². The molecule has 0 aliphatic heterocycles. The van der Waals surface area contributed by atoms with E-state index in [4.69, 9.17) is 15.2 Å². The lowest BCUT2D eigenvalue weighted by Crippen LogP contribution is -2.35. The Hall–Kier alpha value is -0.900. The molecule has 4 unspecified atom stereocenters. The minimum Gasteiger partial charge on any atom is -0.381 e. The molecule has 0 aromatic heterocycles. The number of hydrogen-bond donors (Lipinski definition) is 1. The van der Waals surface area contributed by atoms with Crippen molar-refractivity contribution in [1.29, 1.82) is 0 Å². The van der Waals surface area contributed by atoms with E-state index >= 15 is 0 Å². The minimum atomic E-state index is -0.0174. The molecule has 3 nitrogen and oxygen atoms in total. The van der Waals surface area contributed by atoms with Gasteiger partial charge >= 0.3 is 0 Å². The molecule has 1 aromatic carbocycles. The Kier molecular flexibility index (Phi) is 6.22. The summed E-state index contributed by atoms with van der Waals surface area (Å²) in [7, 11) is 1.79. The Morgan fingerprint density at radius 2 is 1.86 bits per heavy atom. The van der Waals surface area contributed by atoms with Crippen molar-refractivity contribution in [2.45, 2.75) is 70.3 Å². The Labute approximate surface area is 128 Å². The highest BCUT2D eigenvalue weighted by atomic mass is 16.5. The molecule has 2 rings (SSSR count). The molecule has 1 aliphatic rings. The highest BCUT2D eigenvalue weighted by Gasteiger charge is 2.28. The Morgan fingerprint density at radius 3 is 2.48 bits per heavy atom. The van der Waals surface area contributed by atoms with Crippen LogP contribution >= 0.6 is 0 Å². The van der Waals surface area contributed by atoms with Gasteiger partial charge in [-0.25, -0.2) is 0 Å². The summed E-state index contributed by atoms with van der Waals surface area (Å²) in [4.78, 5) is 0. The summed E-state index contributed by atoms with van der Waals surface area (Å²) < 4.78 is 11.9. The second-order valence-electron chi connectivity index (χ2n) is 6.19. The highest BCUT2D eigenvalue weighted by molar-refractivity contribution is 5.24. The Balaban J connectivity index is 2.07. The molecule has 0 amide bonds. The number of ether oxygens (including phenoxy) is 2. The van der Waals surface area contributed by atoms with Gasteiger partial charge < -0.3 is 15.2 Å². The summed E-state index contributed by atoms with van der Waals surface area (Å²) in [5, 5.41) is 0. The monoisotopic (exact) mass is 291 g/mol. The van der Waals surface area contributed by atoms with Crippen LogP contribution in [0.2, 0.25) is 0 Å². The van der Waals surface area contributed by atoms with Crippen LogP contribution in [-0.2, 0) is 9.47 Å². The zero-order valence-electron chi connectivity index (χ0n) is 13.5. The van der Waals surface area contributed by atoms with Crippen molar-refractivity contribution in [3.63, 3.8) is 0 Å². The number of nitrogens with two attached hydrogens (primary N) is 1. The van der Waals surface area contributed by atoms with E-state index in [2.05, 4.69) is 38.1 Å². The zero-order chi connectivity index (χ0) is 15.2. The molecule has 0 saturated heterocycles. The van der Waals surface area contributed by atoms with E-state index in [1.807, 2.05) is 0 Å². The van der Waals surface area contributed by atoms with E-state index in [-0.39, 0.29) is 18.2 Å². The van der Waals surface area contributed by atoms with Gasteiger partial charge in [0.25, 0.3) is 0 Å². The molecule has 4 atom stereocenters. The molecule has 1 aromatic rings. The number of hydrogen-bond acceptors (Lipinski definition) is 3. The second-order valence-corrected chi connectivity index (χ2v) is 6.19. The van der Waals surface area contributed by atoms with Gasteiger partial charge in [0.2, 0.25) is 0 Å². The fourth-order valence-corrected chi connectivity index (χ4v) is 3.04. The van der Waals surface area contributed by atoms with Gasteiger partial charge in [-0.05, 0) is 44.6 Å². The Morgan fingerprint density at radius 1 is 1.19 bits per heavy atom. The second kappa shape index (κ2) is 7.92. The molecule has 0 heterocycles. The van der Waals surface area contributed by atoms with Crippen LogP contribution in [0, 0.1) is 6.92 Å². The van der Waals surface area contributed by atoms with Crippen LogP contribution in [0.25, 0.3) is 0 Å². The quantitative estimate of drug-likeness (QED) is 0.868. The maximum Gasteiger partial charge on any atom is 0.0979 e. The molecule has 2 N–H and O–H groups in total. The van der Waals surface area contributed by atoms with Gasteiger partial charge in [0.15, 0.2) is 0 Å². The molecule has 1 aliphatic carbocycles. The molecule has 0 radical (unpaired) electrons. The summed E-state index contributed by atoms with van der Waals surface area (Å²) in [6.45, 7) is 4.22. The SMILES string of the molecule is CCC(N)C(OC1CCCC(OC)C1)c1ccc(C)cc1. The summed E-state index contributed by atoms with van der Waals surface area (Å²) in [6, 6.07) is 8.59. The summed E-state index contributed by atoms with van der Waals surface area (Å²) in [5.74, 6) is 0. The third-order valence-corrected chi connectivity index (χ3v) is 4.52. The summed E-state index contributed by atoms with van der Waals surface area (Å²) in [5.41, 5.74) is 8.77. The van der Waals surface area contributed by atoms with E-state index in [1.165, 1.54) is 17.5 Å². The van der Waals surface area contributed by atoms with E-state index in [0.29, 0.717) is 6.10 Å². The van der Waals surface area contributed by atoms with Crippen LogP contribution in [0.3, 0.4) is 0 Å². The normalized spacial score (nSPS) is 25.5. The highest BCUT2D eigenvalue weighted by Crippen LogP contribution is 2.30. The van der Waals surface area contributed by atoms with Crippen LogP contribution in [0.5, 0.6) is 0 Å². The van der Waals surface area contributed by atoms with Gasteiger partial charge in [0.1, 0.15) is 0 Å². The van der Waals surface area contributed by atoms with Crippen molar-refractivity contribution in [3.8, 4) is 0 Å². The largest absolute Gasteiger partial charge is 0.381 e. The van der Waals surface area contributed by atoms with Crippen LogP contribution in [0.4, 0.5) is 0 Å². The first-order chi connectivity index (χ1) is 10.1. The first-order valence-electron chi connectivity index (χ1n) is 8.14. The molecule has 1 fully saturated rings. The third-order valence-electron chi connectivity index (χ3n) is 4.52. The van der Waals surface area contributed by atoms with E-state index < -0.39 is 0 Å². The number of methoxy groups -OCH3 is 1. The summed E-state index contributed by atoms with van der Waals surface area (Å²) in [6.07, 6.45) is 5.90. The predicted molar refractivity (Wildman–Crippen MR) is 86.3 cm³/mol. The van der Waals surface area contributed by atoms with Crippen LogP contribution in [0.1, 0.15) is 56.3 Å². The van der Waals surface area contributed by atoms with Crippen LogP contribution in [-0.4, -0.2) is 25.4 Å². The predicted octanol–water partition coefficient (Wildman–Crippen LogP) is 3.75. The fourth-order valence-electron chi connectivity index (χ4n) is 3.04. The lowest BCUT2D eigenvalue weighted by atomic mass is 9.93. The van der Waals surface area contributed by atoms with E-state index in [0.717, 1.165) is 25.7 Å². The molecule has 1 saturated carbocycles. The van der Waals surface area contributed by atoms with Gasteiger partial charge in [-0.1, -0.05) is 36.8 Å². The number of rotatable bonds is 6. The standard InChI is InChI=1S/C18H29NO2/c1-4-17(19)18(14-10-8-13(2)9-11-14)21-16-7-5-6-15(12-16)20-3/h8-11,15-18H,4-7,12,19H2,1-3H3. The van der Waals surface area contributed by atoms with Crippen LogP contribution in [0.15, 0.2) is 24.3 Å². The van der Waals surface area contributed by atoms with Crippen molar-refractivity contribution in [2.24, 2.45) is 5.73 Å². The third kappa shape index (κ3) is 4.53. The summed E-state index contributed by atoms with van der Waals surface area (Å²) >= 11 is 0. The molecule has 3 heteroatoms. The molecular weight excluding hydrogens is 262 g/mol. The molecule has 0 bridgehead atoms. The maximum absolute atomic E-state index is 6.40. The molecule has 118 valence electrons. The molecule has 21 heavy (non-hydrogen) atoms. The topological polar surface area (TPSA) is 44.5 Å². The van der Waals surface area contributed by atoms with Crippen molar-refractivity contribution in [1.82, 2.24) is 0 Å². The van der Waals surface area contributed by atoms with Crippen molar-refractivity contribution in [3.05, 3.63) is 35.4 Å². The first kappa shape index (κ1) is 16.5. The number of benzene rings is 1. The maximum atomic E-state index is 6.40. The van der Waals surface area contributed by atoms with Crippen molar-refractivity contribution < 1.29 is 9.47 Å². The fraction of sp³-hybridized carbons (Fsp3) is 0.667. The van der Waals surface area contributed by atoms with Gasteiger partial charge in [-0.3, -0.25) is 0 Å². The van der Waals surface area contributed by atoms with Gasteiger partial charge in [-0.2, -0.15) is 0 Å². The minimum absolute atomic E-state index is 0.0174. The van der Waals surface area contributed by atoms with E-state index in [9.17, 15) is 0 Å².